The minimum absolute atomic E-state index is 0.0205. The van der Waals surface area contributed by atoms with Crippen LogP contribution in [0, 0.1) is 6.92 Å². The van der Waals surface area contributed by atoms with Crippen LogP contribution in [-0.2, 0) is 19.7 Å². The van der Waals surface area contributed by atoms with E-state index in [1.807, 2.05) is 31.2 Å². The minimum atomic E-state index is -3.65. The van der Waals surface area contributed by atoms with Crippen LogP contribution in [0.1, 0.15) is 30.5 Å². The van der Waals surface area contributed by atoms with Crippen LogP contribution >= 0.6 is 0 Å². The van der Waals surface area contributed by atoms with Crippen LogP contribution in [0.4, 0.5) is 0 Å². The Bertz CT molecular complexity index is 586. The van der Waals surface area contributed by atoms with Crippen LogP contribution < -0.4 is 4.72 Å². The molecule has 0 aliphatic heterocycles. The monoisotopic (exact) mass is 314 g/mol. The summed E-state index contributed by atoms with van der Waals surface area (Å²) in [7, 11) is -0.953. The van der Waals surface area contributed by atoms with Crippen molar-refractivity contribution in [2.75, 3.05) is 20.7 Å². The molecule has 1 rings (SSSR count). The molecule has 0 bridgehead atoms. The van der Waals surface area contributed by atoms with Crippen LogP contribution in [0.25, 0.3) is 0 Å². The number of aryl methyl sites for hydroxylation is 1. The maximum atomic E-state index is 12.2. The zero-order valence-electron chi connectivity index (χ0n) is 12.8. The molecule has 0 amide bonds. The van der Waals surface area contributed by atoms with E-state index < -0.39 is 16.2 Å². The summed E-state index contributed by atoms with van der Waals surface area (Å²) in [6.45, 7) is 3.79. The van der Waals surface area contributed by atoms with Crippen LogP contribution in [0.3, 0.4) is 0 Å². The molecule has 0 unspecified atom stereocenters. The number of nitrogens with one attached hydrogen (secondary N) is 1. The standard InChI is InChI=1S/C14H22N2O4S/c1-11-7-5-6-8-13(11)12(2)15-21(18,19)16(3)10-9-14(17)20-4/h5-8,12,15H,9-10H2,1-4H3/t12-/m0/s1. The van der Waals surface area contributed by atoms with E-state index in [-0.39, 0.29) is 19.0 Å². The average molecular weight is 314 g/mol. The molecule has 1 N–H and O–H groups in total. The largest absolute Gasteiger partial charge is 0.469 e. The highest BCUT2D eigenvalue weighted by molar-refractivity contribution is 7.87. The summed E-state index contributed by atoms with van der Waals surface area (Å²) in [5, 5.41) is 0. The molecule has 1 aromatic rings. The van der Waals surface area contributed by atoms with Crippen molar-refractivity contribution < 1.29 is 17.9 Å². The second kappa shape index (κ2) is 7.53. The van der Waals surface area contributed by atoms with Crippen LogP contribution in [0.2, 0.25) is 0 Å². The van der Waals surface area contributed by atoms with Crippen molar-refractivity contribution in [2.45, 2.75) is 26.3 Å². The highest BCUT2D eigenvalue weighted by Crippen LogP contribution is 2.18. The van der Waals surface area contributed by atoms with E-state index in [1.165, 1.54) is 14.2 Å². The number of ether oxygens (including phenoxy) is 1. The Balaban J connectivity index is 2.71. The summed E-state index contributed by atoms with van der Waals surface area (Å²) in [5.41, 5.74) is 1.94. The molecule has 118 valence electrons. The van der Waals surface area contributed by atoms with Crippen LogP contribution in [0.15, 0.2) is 24.3 Å². The molecule has 1 atom stereocenters. The highest BCUT2D eigenvalue weighted by atomic mass is 32.2. The van der Waals surface area contributed by atoms with Gasteiger partial charge in [-0.2, -0.15) is 17.4 Å². The molecule has 0 heterocycles. The molecule has 0 aliphatic rings. The first kappa shape index (κ1) is 17.6. The van der Waals surface area contributed by atoms with Crippen molar-refractivity contribution >= 4 is 16.2 Å². The van der Waals surface area contributed by atoms with Gasteiger partial charge in [0, 0.05) is 19.6 Å². The summed E-state index contributed by atoms with van der Waals surface area (Å²) in [4.78, 5) is 11.1. The van der Waals surface area contributed by atoms with Gasteiger partial charge in [0.1, 0.15) is 0 Å². The molecule has 1 aromatic carbocycles. The molecule has 0 spiro atoms. The van der Waals surface area contributed by atoms with Gasteiger partial charge in [-0.1, -0.05) is 24.3 Å². The van der Waals surface area contributed by atoms with Crippen LogP contribution in [-0.4, -0.2) is 39.4 Å². The maximum absolute atomic E-state index is 12.2. The molecular weight excluding hydrogens is 292 g/mol. The van der Waals surface area contributed by atoms with Gasteiger partial charge in [-0.15, -0.1) is 0 Å². The summed E-state index contributed by atoms with van der Waals surface area (Å²) in [6, 6.07) is 7.24. The van der Waals surface area contributed by atoms with Gasteiger partial charge >= 0.3 is 5.97 Å². The van der Waals surface area contributed by atoms with E-state index in [0.29, 0.717) is 0 Å². The van der Waals surface area contributed by atoms with E-state index in [4.69, 9.17) is 0 Å². The fraction of sp³-hybridized carbons (Fsp3) is 0.500. The average Bonchev–Trinajstić information content (AvgIpc) is 2.44. The smallest absolute Gasteiger partial charge is 0.306 e. The lowest BCUT2D eigenvalue weighted by Crippen LogP contribution is -2.40. The topological polar surface area (TPSA) is 75.7 Å². The summed E-state index contributed by atoms with van der Waals surface area (Å²) < 4.78 is 32.6. The Morgan fingerprint density at radius 1 is 1.38 bits per heavy atom. The highest BCUT2D eigenvalue weighted by Gasteiger charge is 2.22. The number of esters is 1. The normalized spacial score (nSPS) is 13.2. The number of carbonyl (C=O) groups is 1. The lowest BCUT2D eigenvalue weighted by molar-refractivity contribution is -0.140. The lowest BCUT2D eigenvalue weighted by Gasteiger charge is -2.22. The third-order valence-corrected chi connectivity index (χ3v) is 4.90. The van der Waals surface area contributed by atoms with Crippen molar-refractivity contribution in [3.63, 3.8) is 0 Å². The number of hydrogen-bond acceptors (Lipinski definition) is 4. The van der Waals surface area contributed by atoms with E-state index >= 15 is 0 Å². The molecule has 21 heavy (non-hydrogen) atoms. The Hall–Kier alpha value is -1.44. The molecule has 0 saturated carbocycles. The predicted octanol–water partition coefficient (Wildman–Crippen LogP) is 1.39. The van der Waals surface area contributed by atoms with Gasteiger partial charge in [0.15, 0.2) is 0 Å². The zero-order valence-corrected chi connectivity index (χ0v) is 13.6. The third-order valence-electron chi connectivity index (χ3n) is 3.25. The number of benzene rings is 1. The number of rotatable bonds is 7. The first-order chi connectivity index (χ1) is 9.77. The lowest BCUT2D eigenvalue weighted by atomic mass is 10.0. The molecule has 6 nitrogen and oxygen atoms in total. The van der Waals surface area contributed by atoms with Gasteiger partial charge in [0.25, 0.3) is 10.2 Å². The van der Waals surface area contributed by atoms with Crippen molar-refractivity contribution in [2.24, 2.45) is 0 Å². The number of carbonyl (C=O) groups excluding carboxylic acids is 1. The Kier molecular flexibility index (Phi) is 6.32. The number of methoxy groups -OCH3 is 1. The van der Waals surface area contributed by atoms with E-state index in [1.54, 1.807) is 6.92 Å². The van der Waals surface area contributed by atoms with Gasteiger partial charge in [-0.05, 0) is 25.0 Å². The van der Waals surface area contributed by atoms with Gasteiger partial charge in [-0.3, -0.25) is 4.79 Å². The van der Waals surface area contributed by atoms with Gasteiger partial charge in [-0.25, -0.2) is 0 Å². The van der Waals surface area contributed by atoms with Gasteiger partial charge < -0.3 is 4.74 Å². The summed E-state index contributed by atoms with van der Waals surface area (Å²) in [5.74, 6) is -0.441. The molecule has 0 aromatic heterocycles. The molecule has 0 aliphatic carbocycles. The van der Waals surface area contributed by atoms with Crippen molar-refractivity contribution in [3.05, 3.63) is 35.4 Å². The second-order valence-electron chi connectivity index (χ2n) is 4.85. The van der Waals surface area contributed by atoms with Crippen molar-refractivity contribution in [3.8, 4) is 0 Å². The first-order valence-corrected chi connectivity index (χ1v) is 8.08. The van der Waals surface area contributed by atoms with Gasteiger partial charge in [0.2, 0.25) is 0 Å². The molecular formula is C14H22N2O4S. The van der Waals surface area contributed by atoms with Gasteiger partial charge in [0.05, 0.1) is 13.5 Å². The van der Waals surface area contributed by atoms with Crippen LogP contribution in [0.5, 0.6) is 0 Å². The Morgan fingerprint density at radius 3 is 2.57 bits per heavy atom. The maximum Gasteiger partial charge on any atom is 0.306 e. The third kappa shape index (κ3) is 5.11. The van der Waals surface area contributed by atoms with E-state index in [9.17, 15) is 13.2 Å². The quantitative estimate of drug-likeness (QED) is 0.772. The fourth-order valence-electron chi connectivity index (χ4n) is 1.92. The predicted molar refractivity (Wildman–Crippen MR) is 80.9 cm³/mol. The van der Waals surface area contributed by atoms with E-state index in [2.05, 4.69) is 9.46 Å². The minimum Gasteiger partial charge on any atom is -0.469 e. The molecule has 0 fully saturated rings. The van der Waals surface area contributed by atoms with E-state index in [0.717, 1.165) is 15.4 Å². The second-order valence-corrected chi connectivity index (χ2v) is 6.66. The Labute approximate surface area is 126 Å². The number of nitrogens with zero attached hydrogens (tertiary/aromatic N) is 1. The molecule has 0 saturated heterocycles. The SMILES string of the molecule is COC(=O)CCN(C)S(=O)(=O)N[C@@H](C)c1ccccc1C. The molecule has 7 heteroatoms. The first-order valence-electron chi connectivity index (χ1n) is 6.64. The van der Waals surface area contributed by atoms with Crippen molar-refractivity contribution in [1.82, 2.24) is 9.03 Å². The summed E-state index contributed by atoms with van der Waals surface area (Å²) in [6.07, 6.45) is 0.0205. The number of hydrogen-bond donors (Lipinski definition) is 1. The fourth-order valence-corrected chi connectivity index (χ4v) is 3.01. The van der Waals surface area contributed by atoms with Crippen molar-refractivity contribution in [1.29, 1.82) is 0 Å². The zero-order chi connectivity index (χ0) is 16.0. The summed E-state index contributed by atoms with van der Waals surface area (Å²) >= 11 is 0. The molecule has 0 radical (unpaired) electrons. The Morgan fingerprint density at radius 2 is 2.00 bits per heavy atom.